The molecule has 5 nitrogen and oxygen atoms in total. The average Bonchev–Trinajstić information content (AvgIpc) is 2.35. The molecule has 2 aromatic rings. The van der Waals surface area contributed by atoms with Gasteiger partial charge in [-0.25, -0.2) is 9.59 Å². The lowest BCUT2D eigenvalue weighted by Gasteiger charge is -2.19. The lowest BCUT2D eigenvalue weighted by Crippen LogP contribution is -2.20. The van der Waals surface area contributed by atoms with Crippen LogP contribution in [0.25, 0.3) is 11.0 Å². The van der Waals surface area contributed by atoms with E-state index >= 15 is 0 Å². The van der Waals surface area contributed by atoms with Crippen molar-refractivity contribution in [3.05, 3.63) is 40.0 Å². The van der Waals surface area contributed by atoms with Crippen LogP contribution in [-0.2, 0) is 10.2 Å². The molecule has 1 heterocycles. The lowest BCUT2D eigenvalue weighted by atomic mass is 9.89. The number of rotatable bonds is 1. The summed E-state index contributed by atoms with van der Waals surface area (Å²) in [6.07, 6.45) is 0. The summed E-state index contributed by atoms with van der Waals surface area (Å²) in [7, 11) is 1.28. The van der Waals surface area contributed by atoms with E-state index in [-0.39, 0.29) is 24.0 Å². The third-order valence-corrected chi connectivity index (χ3v) is 2.78. The topological polar surface area (TPSA) is 69.4 Å². The number of hydrogen-bond acceptors (Lipinski definition) is 5. The number of aromatic nitrogens is 1. The second-order valence-corrected chi connectivity index (χ2v) is 5.25. The first-order chi connectivity index (χ1) is 8.84. The van der Waals surface area contributed by atoms with Gasteiger partial charge in [-0.2, -0.15) is 4.98 Å². The molecule has 0 unspecified atom stereocenters. The van der Waals surface area contributed by atoms with Crippen LogP contribution in [0.15, 0.2) is 27.4 Å². The Hall–Kier alpha value is -2.17. The summed E-state index contributed by atoms with van der Waals surface area (Å²) in [6, 6.07) is 5.05. The molecule has 2 rings (SSSR count). The highest BCUT2D eigenvalue weighted by atomic mass is 16.5. The van der Waals surface area contributed by atoms with Crippen molar-refractivity contribution in [2.75, 3.05) is 7.11 Å². The molecule has 20 heavy (non-hydrogen) atoms. The molecule has 1 aromatic heterocycles. The predicted octanol–water partition coefficient (Wildman–Crippen LogP) is 2.91. The fourth-order valence-electron chi connectivity index (χ4n) is 1.94. The van der Waals surface area contributed by atoms with Crippen LogP contribution < -0.4 is 5.76 Å². The molecule has 0 radical (unpaired) electrons. The molecule has 0 atom stereocenters. The van der Waals surface area contributed by atoms with Gasteiger partial charge < -0.3 is 9.15 Å². The maximum absolute atomic E-state index is 11.7. The van der Waals surface area contributed by atoms with Gasteiger partial charge >= 0.3 is 11.7 Å². The van der Waals surface area contributed by atoms with E-state index < -0.39 is 11.7 Å². The number of ether oxygens (including phenoxy) is 1. The van der Waals surface area contributed by atoms with Crippen LogP contribution in [0.3, 0.4) is 0 Å². The third-order valence-electron chi connectivity index (χ3n) is 2.78. The van der Waals surface area contributed by atoms with Gasteiger partial charge in [0.2, 0.25) is 0 Å². The molecule has 0 spiro atoms. The largest absolute Gasteiger partial charge is 0.465 e. The van der Waals surface area contributed by atoms with Gasteiger partial charge in [0.05, 0.1) is 12.8 Å². The van der Waals surface area contributed by atoms with Crippen molar-refractivity contribution in [2.45, 2.75) is 33.6 Å². The number of benzene rings is 1. The number of nitrogens with zero attached hydrogens (tertiary/aromatic N) is 1. The minimum atomic E-state index is -0.714. The van der Waals surface area contributed by atoms with E-state index in [1.165, 1.54) is 7.11 Å². The fourth-order valence-corrected chi connectivity index (χ4v) is 1.94. The van der Waals surface area contributed by atoms with Gasteiger partial charge in [0.1, 0.15) is 5.56 Å². The number of esters is 1. The van der Waals surface area contributed by atoms with Crippen LogP contribution in [0.4, 0.5) is 0 Å². The second-order valence-electron chi connectivity index (χ2n) is 5.25. The van der Waals surface area contributed by atoms with Crippen LogP contribution in [0.5, 0.6) is 0 Å². The number of fused-ring (bicyclic) bond motifs is 1. The second kappa shape index (κ2) is 5.45. The first kappa shape index (κ1) is 15.9. The van der Waals surface area contributed by atoms with E-state index in [0.29, 0.717) is 11.1 Å². The Labute approximate surface area is 117 Å². The van der Waals surface area contributed by atoms with E-state index in [0.717, 1.165) is 0 Å². The van der Waals surface area contributed by atoms with Crippen molar-refractivity contribution in [3.63, 3.8) is 0 Å². The Balaban J connectivity index is 0.00000200. The molecule has 0 bridgehead atoms. The van der Waals surface area contributed by atoms with Gasteiger partial charge in [-0.05, 0) is 12.1 Å². The highest BCUT2D eigenvalue weighted by molar-refractivity contribution is 6.02. The SMILES string of the molecule is C.COC(=O)c1cccc2c(C(C)(C)C)nc(=O)oc12. The average molecular weight is 277 g/mol. The van der Waals surface area contributed by atoms with Crippen molar-refractivity contribution in [1.29, 1.82) is 0 Å². The van der Waals surface area contributed by atoms with Gasteiger partial charge in [-0.3, -0.25) is 0 Å². The maximum Gasteiger partial charge on any atom is 0.439 e. The van der Waals surface area contributed by atoms with Crippen LogP contribution in [0.2, 0.25) is 0 Å². The van der Waals surface area contributed by atoms with Gasteiger partial charge in [0.15, 0.2) is 5.58 Å². The summed E-state index contributed by atoms with van der Waals surface area (Å²) in [4.78, 5) is 27.2. The van der Waals surface area contributed by atoms with E-state index in [1.54, 1.807) is 18.2 Å². The van der Waals surface area contributed by atoms with Crippen molar-refractivity contribution < 1.29 is 13.9 Å². The monoisotopic (exact) mass is 277 g/mol. The molecule has 0 saturated carbocycles. The predicted molar refractivity (Wildman–Crippen MR) is 77.0 cm³/mol. The van der Waals surface area contributed by atoms with Crippen molar-refractivity contribution in [3.8, 4) is 0 Å². The summed E-state index contributed by atoms with van der Waals surface area (Å²) >= 11 is 0. The van der Waals surface area contributed by atoms with E-state index in [1.807, 2.05) is 20.8 Å². The Morgan fingerprint density at radius 1 is 1.30 bits per heavy atom. The first-order valence-corrected chi connectivity index (χ1v) is 5.87. The number of carbonyl (C=O) groups is 1. The molecule has 108 valence electrons. The molecule has 5 heteroatoms. The van der Waals surface area contributed by atoms with Crippen molar-refractivity contribution in [1.82, 2.24) is 4.98 Å². The molecule has 0 aliphatic rings. The number of hydrogen-bond donors (Lipinski definition) is 0. The lowest BCUT2D eigenvalue weighted by molar-refractivity contribution is 0.0601. The van der Waals surface area contributed by atoms with Gasteiger partial charge in [-0.15, -0.1) is 0 Å². The Morgan fingerprint density at radius 2 is 1.95 bits per heavy atom. The molecule has 0 amide bonds. The van der Waals surface area contributed by atoms with Crippen LogP contribution in [0.1, 0.15) is 44.2 Å². The highest BCUT2D eigenvalue weighted by Gasteiger charge is 2.23. The summed E-state index contributed by atoms with van der Waals surface area (Å²) in [5, 5.41) is 0.648. The molecule has 0 saturated heterocycles. The van der Waals surface area contributed by atoms with Gasteiger partial charge in [0.25, 0.3) is 0 Å². The molecular formula is C15H19NO4. The number of para-hydroxylation sites is 1. The van der Waals surface area contributed by atoms with E-state index in [4.69, 9.17) is 4.42 Å². The Bertz CT molecular complexity index is 695. The summed E-state index contributed by atoms with van der Waals surface area (Å²) in [5.41, 5.74) is 0.719. The molecule has 1 aromatic carbocycles. The smallest absolute Gasteiger partial charge is 0.439 e. The first-order valence-electron chi connectivity index (χ1n) is 5.87. The number of methoxy groups -OCH3 is 1. The molecule has 0 fully saturated rings. The van der Waals surface area contributed by atoms with Crippen molar-refractivity contribution in [2.24, 2.45) is 0 Å². The van der Waals surface area contributed by atoms with Gasteiger partial charge in [-0.1, -0.05) is 34.3 Å². The zero-order valence-electron chi connectivity index (χ0n) is 11.3. The van der Waals surface area contributed by atoms with Gasteiger partial charge in [0, 0.05) is 10.8 Å². The van der Waals surface area contributed by atoms with Crippen molar-refractivity contribution >= 4 is 16.9 Å². The van der Waals surface area contributed by atoms with Crippen LogP contribution in [-0.4, -0.2) is 18.1 Å². The van der Waals surface area contributed by atoms with E-state index in [2.05, 4.69) is 9.72 Å². The molecular weight excluding hydrogens is 258 g/mol. The molecule has 0 aliphatic heterocycles. The number of carbonyl (C=O) groups excluding carboxylic acids is 1. The molecule has 0 aliphatic carbocycles. The summed E-state index contributed by atoms with van der Waals surface area (Å²) in [5.74, 6) is -1.26. The van der Waals surface area contributed by atoms with E-state index in [9.17, 15) is 9.59 Å². The normalized spacial score (nSPS) is 11.0. The minimum absolute atomic E-state index is 0. The zero-order valence-corrected chi connectivity index (χ0v) is 11.3. The maximum atomic E-state index is 11.7. The fraction of sp³-hybridized carbons (Fsp3) is 0.400. The van der Waals surface area contributed by atoms with Crippen LogP contribution in [0, 0.1) is 0 Å². The third kappa shape index (κ3) is 2.71. The van der Waals surface area contributed by atoms with Crippen LogP contribution >= 0.6 is 0 Å². The summed E-state index contributed by atoms with van der Waals surface area (Å²) < 4.78 is 9.77. The minimum Gasteiger partial charge on any atom is -0.465 e. The Morgan fingerprint density at radius 3 is 2.50 bits per heavy atom. The quantitative estimate of drug-likeness (QED) is 0.749. The molecule has 0 N–H and O–H groups in total. The Kier molecular flexibility index (Phi) is 4.33. The summed E-state index contributed by atoms with van der Waals surface area (Å²) in [6.45, 7) is 5.83. The highest BCUT2D eigenvalue weighted by Crippen LogP contribution is 2.28. The zero-order chi connectivity index (χ0) is 14.2. The standard InChI is InChI=1S/C14H15NO4.CH4/c1-14(2,3)11-8-6-5-7-9(12(16)18-4)10(8)19-13(17)15-11;/h5-7H,1-4H3;1H4.